The van der Waals surface area contributed by atoms with Crippen LogP contribution < -0.4 is 0 Å². The van der Waals surface area contributed by atoms with Crippen LogP contribution in [0.15, 0.2) is 24.3 Å². The monoisotopic (exact) mass is 256 g/mol. The third-order valence-electron chi connectivity index (χ3n) is 2.84. The first kappa shape index (κ1) is 12.8. The topological polar surface area (TPSA) is 38.7 Å². The van der Waals surface area contributed by atoms with Gasteiger partial charge in [0.15, 0.2) is 6.29 Å². The third-order valence-corrected chi connectivity index (χ3v) is 3.08. The molecule has 0 radical (unpaired) electrons. The van der Waals surface area contributed by atoms with Gasteiger partial charge in [-0.15, -0.1) is 0 Å². The molecule has 17 heavy (non-hydrogen) atoms. The number of ether oxygens (including phenoxy) is 2. The molecule has 0 spiro atoms. The van der Waals surface area contributed by atoms with Gasteiger partial charge in [0.2, 0.25) is 0 Å². The summed E-state index contributed by atoms with van der Waals surface area (Å²) >= 11 is 5.92. The van der Waals surface area contributed by atoms with Gasteiger partial charge < -0.3 is 14.6 Å². The highest BCUT2D eigenvalue weighted by atomic mass is 35.5. The van der Waals surface area contributed by atoms with Gasteiger partial charge in [0.05, 0.1) is 6.61 Å². The number of rotatable bonds is 4. The number of hydrogen-bond donors (Lipinski definition) is 1. The summed E-state index contributed by atoms with van der Waals surface area (Å²) in [5.41, 5.74) is 0.883. The molecule has 0 amide bonds. The lowest BCUT2D eigenvalue weighted by Gasteiger charge is -2.27. The van der Waals surface area contributed by atoms with Crippen molar-refractivity contribution in [2.45, 2.75) is 31.7 Å². The van der Waals surface area contributed by atoms with Gasteiger partial charge in [0, 0.05) is 11.6 Å². The summed E-state index contributed by atoms with van der Waals surface area (Å²) in [6.07, 6.45) is 2.51. The van der Waals surface area contributed by atoms with E-state index in [9.17, 15) is 5.11 Å². The van der Waals surface area contributed by atoms with Crippen molar-refractivity contribution in [2.75, 3.05) is 13.2 Å². The molecule has 1 N–H and O–H groups in total. The van der Waals surface area contributed by atoms with Crippen LogP contribution in [-0.4, -0.2) is 24.6 Å². The summed E-state index contributed by atoms with van der Waals surface area (Å²) in [7, 11) is 0. The van der Waals surface area contributed by atoms with Crippen LogP contribution in [0.1, 0.15) is 30.9 Å². The molecule has 94 valence electrons. The molecule has 3 nitrogen and oxygen atoms in total. The summed E-state index contributed by atoms with van der Waals surface area (Å²) in [6.45, 7) is 0.665. The average Bonchev–Trinajstić information content (AvgIpc) is 2.37. The average molecular weight is 257 g/mol. The second-order valence-electron chi connectivity index (χ2n) is 4.16. The Morgan fingerprint density at radius 3 is 3.00 bits per heavy atom. The molecule has 1 aromatic rings. The van der Waals surface area contributed by atoms with Crippen molar-refractivity contribution in [3.8, 4) is 0 Å². The summed E-state index contributed by atoms with van der Waals surface area (Å²) in [5.74, 6) is 0. The molecule has 1 aliphatic rings. The first-order valence-corrected chi connectivity index (χ1v) is 6.31. The number of aliphatic hydroxyl groups excluding tert-OH is 1. The van der Waals surface area contributed by atoms with Gasteiger partial charge in [-0.1, -0.05) is 23.7 Å². The van der Waals surface area contributed by atoms with E-state index in [-0.39, 0.29) is 19.0 Å². The van der Waals surface area contributed by atoms with E-state index in [0.717, 1.165) is 31.4 Å². The van der Waals surface area contributed by atoms with Crippen molar-refractivity contribution >= 4 is 11.6 Å². The van der Waals surface area contributed by atoms with Crippen LogP contribution in [0.25, 0.3) is 0 Å². The number of benzene rings is 1. The normalized spacial score (nSPS) is 22.4. The first-order chi connectivity index (χ1) is 8.29. The Hall–Kier alpha value is -0.610. The fraction of sp³-hybridized carbons (Fsp3) is 0.538. The number of hydrogen-bond acceptors (Lipinski definition) is 3. The highest BCUT2D eigenvalue weighted by Crippen LogP contribution is 2.25. The maximum atomic E-state index is 9.38. The van der Waals surface area contributed by atoms with Crippen molar-refractivity contribution < 1.29 is 14.6 Å². The van der Waals surface area contributed by atoms with E-state index in [1.165, 1.54) is 0 Å². The van der Waals surface area contributed by atoms with Crippen molar-refractivity contribution in [1.82, 2.24) is 0 Å². The van der Waals surface area contributed by atoms with E-state index in [2.05, 4.69) is 0 Å². The van der Waals surface area contributed by atoms with E-state index in [4.69, 9.17) is 21.1 Å². The highest BCUT2D eigenvalue weighted by Gasteiger charge is 2.20. The summed E-state index contributed by atoms with van der Waals surface area (Å²) in [4.78, 5) is 0. The maximum absolute atomic E-state index is 9.38. The Morgan fingerprint density at radius 1 is 1.47 bits per heavy atom. The molecule has 0 bridgehead atoms. The van der Waals surface area contributed by atoms with E-state index in [1.54, 1.807) is 6.07 Å². The molecule has 4 heteroatoms. The second-order valence-corrected chi connectivity index (χ2v) is 4.59. The highest BCUT2D eigenvalue weighted by molar-refractivity contribution is 6.30. The van der Waals surface area contributed by atoms with Gasteiger partial charge in [-0.25, -0.2) is 0 Å². The maximum Gasteiger partial charge on any atom is 0.158 e. The first-order valence-electron chi connectivity index (χ1n) is 5.93. The fourth-order valence-electron chi connectivity index (χ4n) is 1.94. The predicted molar refractivity (Wildman–Crippen MR) is 66.0 cm³/mol. The molecule has 1 aromatic carbocycles. The molecular formula is C13H17ClO3. The lowest BCUT2D eigenvalue weighted by Crippen LogP contribution is -2.25. The van der Waals surface area contributed by atoms with Crippen LogP contribution in [0.4, 0.5) is 0 Å². The largest absolute Gasteiger partial charge is 0.393 e. The Kier molecular flexibility index (Phi) is 4.80. The number of halogens is 1. The smallest absolute Gasteiger partial charge is 0.158 e. The summed E-state index contributed by atoms with van der Waals surface area (Å²) in [5, 5.41) is 10.0. The summed E-state index contributed by atoms with van der Waals surface area (Å²) in [6, 6.07) is 7.36. The molecule has 0 aliphatic carbocycles. The Balaban J connectivity index is 2.00. The molecular weight excluding hydrogens is 240 g/mol. The van der Waals surface area contributed by atoms with E-state index in [0.29, 0.717) is 5.02 Å². The zero-order valence-electron chi connectivity index (χ0n) is 9.64. The van der Waals surface area contributed by atoms with Crippen molar-refractivity contribution in [1.29, 1.82) is 0 Å². The van der Waals surface area contributed by atoms with E-state index in [1.807, 2.05) is 18.2 Å². The summed E-state index contributed by atoms with van der Waals surface area (Å²) < 4.78 is 11.2. The van der Waals surface area contributed by atoms with E-state index >= 15 is 0 Å². The van der Waals surface area contributed by atoms with Crippen molar-refractivity contribution in [3.63, 3.8) is 0 Å². The van der Waals surface area contributed by atoms with Gasteiger partial charge in [-0.3, -0.25) is 0 Å². The fourth-order valence-corrected chi connectivity index (χ4v) is 2.13. The zero-order valence-corrected chi connectivity index (χ0v) is 10.4. The van der Waals surface area contributed by atoms with Gasteiger partial charge in [-0.05, 0) is 37.0 Å². The minimum Gasteiger partial charge on any atom is -0.393 e. The Labute approximate surface area is 106 Å². The van der Waals surface area contributed by atoms with Crippen LogP contribution in [0.2, 0.25) is 5.02 Å². The van der Waals surface area contributed by atoms with Crippen LogP contribution in [0.5, 0.6) is 0 Å². The van der Waals surface area contributed by atoms with Crippen LogP contribution >= 0.6 is 11.6 Å². The molecule has 2 atom stereocenters. The van der Waals surface area contributed by atoms with Crippen molar-refractivity contribution in [2.24, 2.45) is 0 Å². The molecule has 1 saturated heterocycles. The molecule has 1 aliphatic heterocycles. The zero-order chi connectivity index (χ0) is 12.1. The lowest BCUT2D eigenvalue weighted by atomic mass is 10.1. The van der Waals surface area contributed by atoms with E-state index < -0.39 is 0 Å². The van der Waals surface area contributed by atoms with Crippen LogP contribution in [0.3, 0.4) is 0 Å². The van der Waals surface area contributed by atoms with Gasteiger partial charge in [0.25, 0.3) is 0 Å². The van der Waals surface area contributed by atoms with Crippen molar-refractivity contribution in [3.05, 3.63) is 34.9 Å². The Bertz CT molecular complexity index is 350. The predicted octanol–water partition coefficient (Wildman–Crippen LogP) is 2.92. The minimum atomic E-state index is -0.364. The third kappa shape index (κ3) is 3.68. The molecule has 0 saturated carbocycles. The molecule has 1 heterocycles. The molecule has 0 unspecified atom stereocenters. The Morgan fingerprint density at radius 2 is 2.35 bits per heavy atom. The number of aliphatic hydroxyl groups is 1. The quantitative estimate of drug-likeness (QED) is 0.900. The molecule has 1 fully saturated rings. The van der Waals surface area contributed by atoms with Gasteiger partial charge in [0.1, 0.15) is 6.10 Å². The lowest BCUT2D eigenvalue weighted by molar-refractivity contribution is -0.196. The van der Waals surface area contributed by atoms with Crippen LogP contribution in [-0.2, 0) is 9.47 Å². The minimum absolute atomic E-state index is 0.0692. The van der Waals surface area contributed by atoms with Crippen LogP contribution in [0, 0.1) is 0 Å². The molecule has 0 aromatic heterocycles. The second kappa shape index (κ2) is 6.36. The SMILES string of the molecule is OC[C@@H](O[C@@H]1CCCCO1)c1cccc(Cl)c1. The standard InChI is InChI=1S/C13H17ClO3/c14-11-5-3-4-10(8-11)12(9-15)17-13-6-1-2-7-16-13/h3-5,8,12-13,15H,1-2,6-7,9H2/t12-,13-/m1/s1. The van der Waals surface area contributed by atoms with Gasteiger partial charge >= 0.3 is 0 Å². The molecule has 2 rings (SSSR count). The van der Waals surface area contributed by atoms with Gasteiger partial charge in [-0.2, -0.15) is 0 Å².